The summed E-state index contributed by atoms with van der Waals surface area (Å²) in [4.78, 5) is 18.7. The van der Waals surface area contributed by atoms with E-state index in [1.807, 2.05) is 30.4 Å². The Hall–Kier alpha value is -2.88. The molecule has 116 valence electrons. The summed E-state index contributed by atoms with van der Waals surface area (Å²) >= 11 is 0. The van der Waals surface area contributed by atoms with Crippen molar-refractivity contribution < 1.29 is 9.90 Å². The van der Waals surface area contributed by atoms with Crippen LogP contribution < -0.4 is 0 Å². The number of rotatable bonds is 3. The Kier molecular flexibility index (Phi) is 3.74. The second-order valence-corrected chi connectivity index (χ2v) is 5.59. The van der Waals surface area contributed by atoms with Gasteiger partial charge in [0.1, 0.15) is 5.52 Å². The van der Waals surface area contributed by atoms with Gasteiger partial charge in [-0.25, -0.2) is 0 Å². The van der Waals surface area contributed by atoms with Crippen molar-refractivity contribution in [1.29, 1.82) is 0 Å². The van der Waals surface area contributed by atoms with Crippen molar-refractivity contribution in [3.05, 3.63) is 73.0 Å². The van der Waals surface area contributed by atoms with Gasteiger partial charge >= 0.3 is 0 Å². The first-order valence-electron chi connectivity index (χ1n) is 7.42. The molecule has 0 unspecified atom stereocenters. The van der Waals surface area contributed by atoms with Crippen LogP contribution in [-0.4, -0.2) is 33.5 Å². The van der Waals surface area contributed by atoms with Crippen molar-refractivity contribution in [1.82, 2.24) is 9.88 Å². The van der Waals surface area contributed by atoms with E-state index in [2.05, 4.69) is 11.6 Å². The zero-order valence-corrected chi connectivity index (χ0v) is 12.9. The van der Waals surface area contributed by atoms with E-state index in [4.69, 9.17) is 0 Å². The fourth-order valence-corrected chi connectivity index (χ4v) is 2.83. The summed E-state index contributed by atoms with van der Waals surface area (Å²) in [6, 6.07) is 7.07. The molecule has 2 aromatic rings. The molecule has 0 saturated carbocycles. The van der Waals surface area contributed by atoms with Crippen LogP contribution >= 0.6 is 0 Å². The zero-order valence-electron chi connectivity index (χ0n) is 12.9. The van der Waals surface area contributed by atoms with Crippen molar-refractivity contribution in [2.24, 2.45) is 0 Å². The van der Waals surface area contributed by atoms with Gasteiger partial charge in [0.15, 0.2) is 5.75 Å². The quantitative estimate of drug-likeness (QED) is 0.884. The number of hydrogen-bond acceptors (Lipinski definition) is 3. The largest absolute Gasteiger partial charge is 0.505 e. The number of likely N-dealkylation sites (N-methyl/N-ethyl adjacent to an activating group) is 1. The molecule has 0 aliphatic heterocycles. The lowest BCUT2D eigenvalue weighted by atomic mass is 9.89. The Morgan fingerprint density at radius 2 is 2.22 bits per heavy atom. The minimum atomic E-state index is -0.586. The van der Waals surface area contributed by atoms with Crippen LogP contribution in [0.2, 0.25) is 0 Å². The minimum Gasteiger partial charge on any atom is -0.505 e. The van der Waals surface area contributed by atoms with Crippen molar-refractivity contribution in [2.75, 3.05) is 7.05 Å². The Labute approximate surface area is 135 Å². The maximum atomic E-state index is 12.9. The van der Waals surface area contributed by atoms with Crippen LogP contribution in [0.25, 0.3) is 10.9 Å². The summed E-state index contributed by atoms with van der Waals surface area (Å²) in [5.74, 6) is -0.357. The van der Waals surface area contributed by atoms with E-state index < -0.39 is 5.54 Å². The summed E-state index contributed by atoms with van der Waals surface area (Å²) in [5, 5.41) is 11.3. The lowest BCUT2D eigenvalue weighted by Crippen LogP contribution is -2.47. The van der Waals surface area contributed by atoms with Gasteiger partial charge in [0, 0.05) is 18.6 Å². The fourth-order valence-electron chi connectivity index (χ4n) is 2.83. The molecule has 3 rings (SSSR count). The van der Waals surface area contributed by atoms with Gasteiger partial charge in [-0.1, -0.05) is 42.5 Å². The SMILES string of the molecule is C=C[C@]1(N(C)C(=O)c2ccc3cccnc3c2O)C=CC=CC1. The standard InChI is InChI=1S/C19H18N2O2/c1-3-19(11-5-4-6-12-19)21(2)18(23)15-10-9-14-8-7-13-20-16(14)17(15)22/h3-11,13,22H,1,12H2,2H3/t19-/m0/s1. The summed E-state index contributed by atoms with van der Waals surface area (Å²) in [7, 11) is 1.72. The second kappa shape index (κ2) is 5.72. The number of hydrogen-bond donors (Lipinski definition) is 1. The number of nitrogens with zero attached hydrogens (tertiary/aromatic N) is 2. The average molecular weight is 306 g/mol. The van der Waals surface area contributed by atoms with Crippen molar-refractivity contribution in [3.63, 3.8) is 0 Å². The Morgan fingerprint density at radius 3 is 2.91 bits per heavy atom. The van der Waals surface area contributed by atoms with E-state index in [9.17, 15) is 9.90 Å². The van der Waals surface area contributed by atoms with Crippen molar-refractivity contribution in [2.45, 2.75) is 12.0 Å². The number of carbonyl (C=O) groups is 1. The first-order valence-corrected chi connectivity index (χ1v) is 7.42. The van der Waals surface area contributed by atoms with Crippen LogP contribution in [-0.2, 0) is 0 Å². The molecular formula is C19H18N2O2. The highest BCUT2D eigenvalue weighted by atomic mass is 16.3. The second-order valence-electron chi connectivity index (χ2n) is 5.59. The molecule has 0 bridgehead atoms. The van der Waals surface area contributed by atoms with Crippen molar-refractivity contribution >= 4 is 16.8 Å². The highest BCUT2D eigenvalue weighted by molar-refractivity contribution is 6.02. The molecule has 4 nitrogen and oxygen atoms in total. The number of phenolic OH excluding ortho intramolecular Hbond substituents is 1. The molecule has 0 radical (unpaired) electrons. The molecule has 1 N–H and O–H groups in total. The summed E-state index contributed by atoms with van der Waals surface area (Å²) < 4.78 is 0. The molecule has 0 fully saturated rings. The van der Waals surface area contributed by atoms with E-state index in [-0.39, 0.29) is 17.2 Å². The lowest BCUT2D eigenvalue weighted by molar-refractivity contribution is 0.0699. The predicted molar refractivity (Wildman–Crippen MR) is 91.3 cm³/mol. The normalized spacial score (nSPS) is 19.7. The van der Waals surface area contributed by atoms with Crippen molar-refractivity contribution in [3.8, 4) is 5.75 Å². The smallest absolute Gasteiger partial charge is 0.258 e. The average Bonchev–Trinajstić information content (AvgIpc) is 2.61. The highest BCUT2D eigenvalue weighted by Crippen LogP contribution is 2.32. The van der Waals surface area contributed by atoms with E-state index in [1.165, 1.54) is 0 Å². The van der Waals surface area contributed by atoms with Crippen LogP contribution in [0, 0.1) is 0 Å². The van der Waals surface area contributed by atoms with Gasteiger partial charge in [-0.2, -0.15) is 0 Å². The number of benzene rings is 1. The third-order valence-electron chi connectivity index (χ3n) is 4.34. The predicted octanol–water partition coefficient (Wildman–Crippen LogP) is 3.45. The summed E-state index contributed by atoms with van der Waals surface area (Å²) in [5.41, 5.74) is 0.0820. The topological polar surface area (TPSA) is 53.4 Å². The minimum absolute atomic E-state index is 0.0884. The molecule has 1 aliphatic rings. The number of phenols is 1. The first kappa shape index (κ1) is 15.0. The third-order valence-corrected chi connectivity index (χ3v) is 4.34. The van der Waals surface area contributed by atoms with Gasteiger partial charge in [0.2, 0.25) is 0 Å². The van der Waals surface area contributed by atoms with Crippen LogP contribution in [0.15, 0.2) is 67.4 Å². The number of allylic oxidation sites excluding steroid dienone is 2. The molecule has 1 heterocycles. The van der Waals surface area contributed by atoms with Crippen LogP contribution in [0.5, 0.6) is 5.75 Å². The van der Waals surface area contributed by atoms with Gasteiger partial charge < -0.3 is 10.0 Å². The maximum Gasteiger partial charge on any atom is 0.258 e. The Balaban J connectivity index is 2.03. The van der Waals surface area contributed by atoms with Crippen LogP contribution in [0.1, 0.15) is 16.8 Å². The molecule has 1 atom stereocenters. The monoisotopic (exact) mass is 306 g/mol. The summed E-state index contributed by atoms with van der Waals surface area (Å²) in [6.45, 7) is 3.87. The number of aromatic hydroxyl groups is 1. The fraction of sp³-hybridized carbons (Fsp3) is 0.158. The lowest BCUT2D eigenvalue weighted by Gasteiger charge is -2.37. The maximum absolute atomic E-state index is 12.9. The molecule has 0 spiro atoms. The number of carbonyl (C=O) groups excluding carboxylic acids is 1. The zero-order chi connectivity index (χ0) is 16.4. The van der Waals surface area contributed by atoms with Gasteiger partial charge in [-0.05, 0) is 18.6 Å². The van der Waals surface area contributed by atoms with E-state index in [0.29, 0.717) is 11.9 Å². The molecule has 1 amide bonds. The third kappa shape index (κ3) is 2.42. The van der Waals surface area contributed by atoms with E-state index in [0.717, 1.165) is 5.39 Å². The molecule has 4 heteroatoms. The number of amides is 1. The Bertz CT molecular complexity index is 838. The van der Waals surface area contributed by atoms with Crippen LogP contribution in [0.4, 0.5) is 0 Å². The molecule has 1 aliphatic carbocycles. The Morgan fingerprint density at radius 1 is 1.39 bits per heavy atom. The summed E-state index contributed by atoms with van der Waals surface area (Å²) in [6.07, 6.45) is 11.8. The van der Waals surface area contributed by atoms with Gasteiger partial charge in [-0.15, -0.1) is 6.58 Å². The van der Waals surface area contributed by atoms with Gasteiger partial charge in [-0.3, -0.25) is 9.78 Å². The molecule has 1 aromatic heterocycles. The van der Waals surface area contributed by atoms with Gasteiger partial charge in [0.25, 0.3) is 5.91 Å². The molecular weight excluding hydrogens is 288 g/mol. The number of pyridine rings is 1. The molecule has 0 saturated heterocycles. The van der Waals surface area contributed by atoms with E-state index in [1.54, 1.807) is 42.4 Å². The highest BCUT2D eigenvalue weighted by Gasteiger charge is 2.33. The van der Waals surface area contributed by atoms with Crippen LogP contribution in [0.3, 0.4) is 0 Å². The van der Waals surface area contributed by atoms with Gasteiger partial charge in [0.05, 0.1) is 11.1 Å². The molecule has 23 heavy (non-hydrogen) atoms. The number of fused-ring (bicyclic) bond motifs is 1. The molecule has 1 aromatic carbocycles. The first-order chi connectivity index (χ1) is 11.1. The number of aromatic nitrogens is 1. The van der Waals surface area contributed by atoms with E-state index >= 15 is 0 Å².